The molecule has 0 aromatic rings. The van der Waals surface area contributed by atoms with E-state index in [2.05, 4.69) is 5.32 Å². The van der Waals surface area contributed by atoms with Gasteiger partial charge >= 0.3 is 0 Å². The minimum Gasteiger partial charge on any atom is -0.342 e. The fourth-order valence-corrected chi connectivity index (χ4v) is 3.53. The number of hydrogen-bond acceptors (Lipinski definition) is 2. The Morgan fingerprint density at radius 1 is 1.21 bits per heavy atom. The lowest BCUT2D eigenvalue weighted by Gasteiger charge is -2.31. The molecule has 2 amide bonds. The molecule has 19 heavy (non-hydrogen) atoms. The number of hydrogen-bond donors (Lipinski definition) is 1. The summed E-state index contributed by atoms with van der Waals surface area (Å²) in [5.41, 5.74) is -0.548. The largest absolute Gasteiger partial charge is 0.342 e. The number of nitrogens with one attached hydrogen (secondary N) is 1. The number of nitrogens with zero attached hydrogens (tertiary/aromatic N) is 1. The molecule has 1 N–H and O–H groups in total. The monoisotopic (exact) mass is 264 g/mol. The van der Waals surface area contributed by atoms with E-state index in [1.807, 2.05) is 4.90 Å². The quantitative estimate of drug-likeness (QED) is 0.842. The molecule has 1 saturated heterocycles. The zero-order valence-electron chi connectivity index (χ0n) is 11.6. The lowest BCUT2D eigenvalue weighted by molar-refractivity contribution is -0.138. The SMILES string of the molecule is O=C1CCN(CCCC2CC2)C(=O)C2(CCCC2)N1. The molecular formula is C15H24N2O2. The zero-order chi connectivity index (χ0) is 13.3. The first kappa shape index (κ1) is 12.9. The summed E-state index contributed by atoms with van der Waals surface area (Å²) < 4.78 is 0. The zero-order valence-corrected chi connectivity index (χ0v) is 11.6. The van der Waals surface area contributed by atoms with E-state index in [0.29, 0.717) is 13.0 Å². The Balaban J connectivity index is 1.64. The number of carbonyl (C=O) groups is 2. The van der Waals surface area contributed by atoms with Crippen molar-refractivity contribution in [1.82, 2.24) is 10.2 Å². The van der Waals surface area contributed by atoms with Crippen molar-refractivity contribution in [2.45, 2.75) is 63.3 Å². The van der Waals surface area contributed by atoms with Crippen LogP contribution in [0, 0.1) is 5.92 Å². The third-order valence-electron chi connectivity index (χ3n) is 4.88. The molecule has 106 valence electrons. The molecule has 2 aliphatic carbocycles. The van der Waals surface area contributed by atoms with Crippen LogP contribution in [0.1, 0.15) is 57.8 Å². The van der Waals surface area contributed by atoms with Gasteiger partial charge in [-0.25, -0.2) is 0 Å². The molecule has 0 atom stereocenters. The summed E-state index contributed by atoms with van der Waals surface area (Å²) in [4.78, 5) is 26.5. The molecule has 3 rings (SSSR count). The van der Waals surface area contributed by atoms with Crippen LogP contribution in [0.2, 0.25) is 0 Å². The summed E-state index contributed by atoms with van der Waals surface area (Å²) >= 11 is 0. The molecule has 0 aromatic heterocycles. The van der Waals surface area contributed by atoms with Crippen molar-refractivity contribution in [3.63, 3.8) is 0 Å². The fourth-order valence-electron chi connectivity index (χ4n) is 3.53. The van der Waals surface area contributed by atoms with Gasteiger partial charge in [-0.15, -0.1) is 0 Å². The van der Waals surface area contributed by atoms with Crippen LogP contribution < -0.4 is 5.32 Å². The average Bonchev–Trinajstić information content (AvgIpc) is 3.11. The van der Waals surface area contributed by atoms with Crippen LogP contribution in [0.3, 0.4) is 0 Å². The van der Waals surface area contributed by atoms with Gasteiger partial charge in [-0.1, -0.05) is 25.7 Å². The van der Waals surface area contributed by atoms with Gasteiger partial charge in [-0.05, 0) is 31.6 Å². The topological polar surface area (TPSA) is 49.4 Å². The second-order valence-electron chi connectivity index (χ2n) is 6.47. The summed E-state index contributed by atoms with van der Waals surface area (Å²) in [6.07, 6.45) is 9.34. The van der Waals surface area contributed by atoms with Gasteiger partial charge in [0.1, 0.15) is 5.54 Å². The van der Waals surface area contributed by atoms with E-state index in [9.17, 15) is 9.59 Å². The van der Waals surface area contributed by atoms with Crippen molar-refractivity contribution < 1.29 is 9.59 Å². The molecule has 4 nitrogen and oxygen atoms in total. The number of amides is 2. The second kappa shape index (κ2) is 5.14. The first-order chi connectivity index (χ1) is 9.20. The van der Waals surface area contributed by atoms with Crippen molar-refractivity contribution in [2.75, 3.05) is 13.1 Å². The molecular weight excluding hydrogens is 240 g/mol. The summed E-state index contributed by atoms with van der Waals surface area (Å²) in [5, 5.41) is 3.02. The molecule has 0 bridgehead atoms. The summed E-state index contributed by atoms with van der Waals surface area (Å²) in [5.74, 6) is 1.16. The summed E-state index contributed by atoms with van der Waals surface area (Å²) in [6.45, 7) is 1.45. The third-order valence-corrected chi connectivity index (χ3v) is 4.88. The maximum absolute atomic E-state index is 12.7. The van der Waals surface area contributed by atoms with Gasteiger partial charge < -0.3 is 10.2 Å². The Bertz CT molecular complexity index is 370. The van der Waals surface area contributed by atoms with Gasteiger partial charge in [0.2, 0.25) is 11.8 Å². The van der Waals surface area contributed by atoms with E-state index in [1.54, 1.807) is 0 Å². The minimum absolute atomic E-state index is 0.0555. The molecule has 0 aromatic carbocycles. The van der Waals surface area contributed by atoms with E-state index in [-0.39, 0.29) is 11.8 Å². The van der Waals surface area contributed by atoms with Gasteiger partial charge in [0.05, 0.1) is 0 Å². The first-order valence-electron chi connectivity index (χ1n) is 7.80. The first-order valence-corrected chi connectivity index (χ1v) is 7.80. The van der Waals surface area contributed by atoms with E-state index < -0.39 is 5.54 Å². The highest BCUT2D eigenvalue weighted by Gasteiger charge is 2.46. The minimum atomic E-state index is -0.548. The van der Waals surface area contributed by atoms with Crippen LogP contribution in [0.5, 0.6) is 0 Å². The van der Waals surface area contributed by atoms with Crippen LogP contribution in [-0.2, 0) is 9.59 Å². The molecule has 1 heterocycles. The normalized spacial score (nSPS) is 26.6. The van der Waals surface area contributed by atoms with Crippen LogP contribution in [-0.4, -0.2) is 35.3 Å². The van der Waals surface area contributed by atoms with E-state index in [0.717, 1.165) is 44.6 Å². The lowest BCUT2D eigenvalue weighted by Crippen LogP contribution is -2.55. The van der Waals surface area contributed by atoms with Crippen LogP contribution in [0.15, 0.2) is 0 Å². The van der Waals surface area contributed by atoms with Crippen molar-refractivity contribution in [1.29, 1.82) is 0 Å². The molecule has 3 fully saturated rings. The van der Waals surface area contributed by atoms with Gasteiger partial charge in [0.15, 0.2) is 0 Å². The molecule has 2 saturated carbocycles. The highest BCUT2D eigenvalue weighted by atomic mass is 16.2. The third kappa shape index (κ3) is 2.77. The second-order valence-corrected chi connectivity index (χ2v) is 6.47. The van der Waals surface area contributed by atoms with Gasteiger partial charge in [0.25, 0.3) is 0 Å². The van der Waals surface area contributed by atoms with Gasteiger partial charge in [-0.2, -0.15) is 0 Å². The maximum Gasteiger partial charge on any atom is 0.248 e. The Kier molecular flexibility index (Phi) is 3.50. The predicted molar refractivity (Wildman–Crippen MR) is 72.5 cm³/mol. The highest BCUT2D eigenvalue weighted by Crippen LogP contribution is 2.35. The number of carbonyl (C=O) groups excluding carboxylic acids is 2. The Hall–Kier alpha value is -1.06. The molecule has 0 radical (unpaired) electrons. The molecule has 0 unspecified atom stereocenters. The van der Waals surface area contributed by atoms with Crippen LogP contribution >= 0.6 is 0 Å². The van der Waals surface area contributed by atoms with Gasteiger partial charge in [0, 0.05) is 19.5 Å². The Labute approximate surface area is 114 Å². The molecule has 3 aliphatic rings. The Morgan fingerprint density at radius 2 is 1.95 bits per heavy atom. The van der Waals surface area contributed by atoms with E-state index in [1.165, 1.54) is 19.3 Å². The summed E-state index contributed by atoms with van der Waals surface area (Å²) in [6, 6.07) is 0. The summed E-state index contributed by atoms with van der Waals surface area (Å²) in [7, 11) is 0. The van der Waals surface area contributed by atoms with Crippen LogP contribution in [0.4, 0.5) is 0 Å². The Morgan fingerprint density at radius 3 is 2.63 bits per heavy atom. The lowest BCUT2D eigenvalue weighted by atomic mass is 9.95. The average molecular weight is 264 g/mol. The standard InChI is InChI=1S/C15H24N2O2/c18-13-7-11-17(10-3-4-12-5-6-12)14(19)15(16-13)8-1-2-9-15/h12H,1-11H2,(H,16,18). The molecule has 1 spiro atoms. The van der Waals surface area contributed by atoms with Crippen molar-refractivity contribution >= 4 is 11.8 Å². The smallest absolute Gasteiger partial charge is 0.248 e. The highest BCUT2D eigenvalue weighted by molar-refractivity contribution is 5.93. The van der Waals surface area contributed by atoms with E-state index in [4.69, 9.17) is 0 Å². The van der Waals surface area contributed by atoms with Crippen LogP contribution in [0.25, 0.3) is 0 Å². The molecule has 4 heteroatoms. The fraction of sp³-hybridized carbons (Fsp3) is 0.867. The van der Waals surface area contributed by atoms with Crippen molar-refractivity contribution in [2.24, 2.45) is 5.92 Å². The van der Waals surface area contributed by atoms with Crippen molar-refractivity contribution in [3.05, 3.63) is 0 Å². The number of rotatable bonds is 4. The molecule has 1 aliphatic heterocycles. The van der Waals surface area contributed by atoms with E-state index >= 15 is 0 Å². The van der Waals surface area contributed by atoms with Crippen molar-refractivity contribution in [3.8, 4) is 0 Å². The van der Waals surface area contributed by atoms with Gasteiger partial charge in [-0.3, -0.25) is 9.59 Å². The maximum atomic E-state index is 12.7. The predicted octanol–water partition coefficient (Wildman–Crippen LogP) is 1.84.